The van der Waals surface area contributed by atoms with Gasteiger partial charge in [0.15, 0.2) is 0 Å². The van der Waals surface area contributed by atoms with Crippen molar-refractivity contribution >= 4 is 17.6 Å². The van der Waals surface area contributed by atoms with Crippen molar-refractivity contribution in [2.45, 2.75) is 6.92 Å². The molecule has 1 heterocycles. The third-order valence-electron chi connectivity index (χ3n) is 2.33. The molecule has 0 saturated carbocycles. The first-order valence-electron chi connectivity index (χ1n) is 5.51. The van der Waals surface area contributed by atoms with Crippen LogP contribution in [-0.4, -0.2) is 23.7 Å². The number of halogens is 1. The van der Waals surface area contributed by atoms with Crippen molar-refractivity contribution in [2.75, 3.05) is 18.5 Å². The smallest absolute Gasteiger partial charge is 0.324 e. The Kier molecular flexibility index (Phi) is 3.67. The SMILES string of the molecule is C=C(C)CN(C)c1nc(-c2cccc(Cl)c2)no1. The summed E-state index contributed by atoms with van der Waals surface area (Å²) >= 11 is 5.92. The summed E-state index contributed by atoms with van der Waals surface area (Å²) in [5.41, 5.74) is 1.86. The molecular weight excluding hydrogens is 250 g/mol. The van der Waals surface area contributed by atoms with Gasteiger partial charge in [-0.05, 0) is 19.1 Å². The maximum absolute atomic E-state index is 5.92. The fourth-order valence-electron chi connectivity index (χ4n) is 1.59. The molecule has 0 amide bonds. The van der Waals surface area contributed by atoms with Crippen molar-refractivity contribution in [1.82, 2.24) is 10.1 Å². The Morgan fingerprint density at radius 2 is 2.28 bits per heavy atom. The van der Waals surface area contributed by atoms with E-state index in [0.717, 1.165) is 11.1 Å². The zero-order valence-corrected chi connectivity index (χ0v) is 11.1. The van der Waals surface area contributed by atoms with Crippen molar-refractivity contribution in [3.63, 3.8) is 0 Å². The number of nitrogens with zero attached hydrogens (tertiary/aromatic N) is 3. The molecule has 5 heteroatoms. The molecule has 0 fully saturated rings. The molecule has 0 N–H and O–H groups in total. The molecule has 0 spiro atoms. The maximum atomic E-state index is 5.92. The monoisotopic (exact) mass is 263 g/mol. The van der Waals surface area contributed by atoms with Gasteiger partial charge in [0.05, 0.1) is 0 Å². The first-order chi connectivity index (χ1) is 8.56. The van der Waals surface area contributed by atoms with E-state index < -0.39 is 0 Å². The minimum absolute atomic E-state index is 0.466. The highest BCUT2D eigenvalue weighted by Gasteiger charge is 2.12. The van der Waals surface area contributed by atoms with Crippen LogP contribution in [0.5, 0.6) is 0 Å². The first kappa shape index (κ1) is 12.6. The lowest BCUT2D eigenvalue weighted by atomic mass is 10.2. The Bertz CT molecular complexity index is 565. The number of rotatable bonds is 4. The fraction of sp³-hybridized carbons (Fsp3) is 0.231. The van der Waals surface area contributed by atoms with Crippen LogP contribution in [0.1, 0.15) is 6.92 Å². The van der Waals surface area contributed by atoms with Crippen molar-refractivity contribution in [1.29, 1.82) is 0 Å². The molecule has 0 unspecified atom stereocenters. The number of benzene rings is 1. The van der Waals surface area contributed by atoms with Crippen LogP contribution < -0.4 is 4.90 Å². The average Bonchev–Trinajstić information content (AvgIpc) is 2.77. The second-order valence-electron chi connectivity index (χ2n) is 4.22. The summed E-state index contributed by atoms with van der Waals surface area (Å²) in [7, 11) is 1.88. The minimum atomic E-state index is 0.466. The molecule has 0 aliphatic carbocycles. The fourth-order valence-corrected chi connectivity index (χ4v) is 1.78. The van der Waals surface area contributed by atoms with E-state index in [0.29, 0.717) is 23.4 Å². The summed E-state index contributed by atoms with van der Waals surface area (Å²) in [4.78, 5) is 6.17. The van der Waals surface area contributed by atoms with Crippen LogP contribution in [0.3, 0.4) is 0 Å². The Morgan fingerprint density at radius 3 is 2.94 bits per heavy atom. The first-order valence-corrected chi connectivity index (χ1v) is 5.89. The molecular formula is C13H14ClN3O. The molecule has 94 valence electrons. The zero-order chi connectivity index (χ0) is 13.1. The summed E-state index contributed by atoms with van der Waals surface area (Å²) in [6.07, 6.45) is 0. The highest BCUT2D eigenvalue weighted by molar-refractivity contribution is 6.30. The van der Waals surface area contributed by atoms with Gasteiger partial charge in [-0.2, -0.15) is 4.98 Å². The van der Waals surface area contributed by atoms with Crippen LogP contribution in [0.25, 0.3) is 11.4 Å². The van der Waals surface area contributed by atoms with E-state index in [2.05, 4.69) is 16.7 Å². The molecule has 2 rings (SSSR count). The summed E-state index contributed by atoms with van der Waals surface area (Å²) in [6.45, 7) is 6.48. The van der Waals surface area contributed by atoms with Gasteiger partial charge in [0, 0.05) is 24.2 Å². The number of aromatic nitrogens is 2. The summed E-state index contributed by atoms with van der Waals surface area (Å²) in [6, 6.07) is 7.81. The summed E-state index contributed by atoms with van der Waals surface area (Å²) in [5.74, 6) is 0.529. The Balaban J connectivity index is 2.22. The quantitative estimate of drug-likeness (QED) is 0.793. The molecule has 0 bridgehead atoms. The largest absolute Gasteiger partial charge is 0.324 e. The molecule has 18 heavy (non-hydrogen) atoms. The van der Waals surface area contributed by atoms with E-state index in [1.165, 1.54) is 0 Å². The molecule has 1 aromatic heterocycles. The van der Waals surface area contributed by atoms with E-state index in [1.54, 1.807) is 12.1 Å². The van der Waals surface area contributed by atoms with Crippen LogP contribution in [0.4, 0.5) is 6.01 Å². The van der Waals surface area contributed by atoms with Gasteiger partial charge in [0.25, 0.3) is 0 Å². The normalized spacial score (nSPS) is 10.4. The minimum Gasteiger partial charge on any atom is -0.324 e. The van der Waals surface area contributed by atoms with Gasteiger partial charge in [-0.3, -0.25) is 0 Å². The van der Waals surface area contributed by atoms with E-state index >= 15 is 0 Å². The highest BCUT2D eigenvalue weighted by atomic mass is 35.5. The molecule has 2 aromatic rings. The molecule has 0 radical (unpaired) electrons. The molecule has 0 aliphatic rings. The van der Waals surface area contributed by atoms with Gasteiger partial charge in [-0.1, -0.05) is 41.0 Å². The lowest BCUT2D eigenvalue weighted by Gasteiger charge is -2.12. The number of anilines is 1. The van der Waals surface area contributed by atoms with Crippen molar-refractivity contribution in [2.24, 2.45) is 0 Å². The predicted molar refractivity (Wildman–Crippen MR) is 72.8 cm³/mol. The van der Waals surface area contributed by atoms with E-state index in [9.17, 15) is 0 Å². The van der Waals surface area contributed by atoms with Crippen LogP contribution >= 0.6 is 11.6 Å². The molecule has 0 saturated heterocycles. The average molecular weight is 264 g/mol. The third-order valence-corrected chi connectivity index (χ3v) is 2.57. The van der Waals surface area contributed by atoms with Gasteiger partial charge >= 0.3 is 6.01 Å². The van der Waals surface area contributed by atoms with Crippen molar-refractivity contribution < 1.29 is 4.52 Å². The summed E-state index contributed by atoms with van der Waals surface area (Å²) in [5, 5.41) is 4.59. The summed E-state index contributed by atoms with van der Waals surface area (Å²) < 4.78 is 5.20. The maximum Gasteiger partial charge on any atom is 0.324 e. The third kappa shape index (κ3) is 2.90. The second kappa shape index (κ2) is 5.23. The van der Waals surface area contributed by atoms with Gasteiger partial charge in [-0.15, -0.1) is 0 Å². The van der Waals surface area contributed by atoms with Crippen molar-refractivity contribution in [3.05, 3.63) is 41.4 Å². The molecule has 0 aliphatic heterocycles. The van der Waals surface area contributed by atoms with Crippen LogP contribution in [0.15, 0.2) is 40.9 Å². The Labute approximate surface area is 111 Å². The Hall–Kier alpha value is -1.81. The lowest BCUT2D eigenvalue weighted by molar-refractivity contribution is 0.420. The van der Waals surface area contributed by atoms with Crippen LogP contribution in [0.2, 0.25) is 5.02 Å². The molecule has 0 atom stereocenters. The number of hydrogen-bond acceptors (Lipinski definition) is 4. The zero-order valence-electron chi connectivity index (χ0n) is 10.4. The van der Waals surface area contributed by atoms with E-state index in [-0.39, 0.29) is 0 Å². The topological polar surface area (TPSA) is 42.2 Å². The Morgan fingerprint density at radius 1 is 1.50 bits per heavy atom. The van der Waals surface area contributed by atoms with E-state index in [4.69, 9.17) is 16.1 Å². The highest BCUT2D eigenvalue weighted by Crippen LogP contribution is 2.22. The standard InChI is InChI=1S/C13H14ClN3O/c1-9(2)8-17(3)13-15-12(16-18-13)10-5-4-6-11(14)7-10/h4-7H,1,8H2,2-3H3. The van der Waals surface area contributed by atoms with Crippen molar-refractivity contribution in [3.8, 4) is 11.4 Å². The van der Waals surface area contributed by atoms with Gasteiger partial charge in [0.1, 0.15) is 0 Å². The van der Waals surface area contributed by atoms with Gasteiger partial charge < -0.3 is 9.42 Å². The molecule has 4 nitrogen and oxygen atoms in total. The lowest BCUT2D eigenvalue weighted by Crippen LogP contribution is -2.19. The second-order valence-corrected chi connectivity index (χ2v) is 4.66. The number of hydrogen-bond donors (Lipinski definition) is 0. The predicted octanol–water partition coefficient (Wildman–Crippen LogP) is 3.40. The van der Waals surface area contributed by atoms with Crippen LogP contribution in [0, 0.1) is 0 Å². The van der Waals surface area contributed by atoms with E-state index in [1.807, 2.05) is 31.0 Å². The number of likely N-dealkylation sites (N-methyl/N-ethyl adjacent to an activating group) is 1. The van der Waals surface area contributed by atoms with Gasteiger partial charge in [0.2, 0.25) is 5.82 Å². The van der Waals surface area contributed by atoms with Crippen LogP contribution in [-0.2, 0) is 0 Å². The molecule has 1 aromatic carbocycles. The van der Waals surface area contributed by atoms with Gasteiger partial charge in [-0.25, -0.2) is 0 Å².